The number of carbonyl (C=O) groups excluding carboxylic acids is 1. The van der Waals surface area contributed by atoms with Gasteiger partial charge < -0.3 is 5.32 Å². The van der Waals surface area contributed by atoms with E-state index in [4.69, 9.17) is 0 Å². The summed E-state index contributed by atoms with van der Waals surface area (Å²) in [5, 5.41) is 3.02. The molecule has 4 rings (SSSR count). The summed E-state index contributed by atoms with van der Waals surface area (Å²) in [6, 6.07) is 13.6. The van der Waals surface area contributed by atoms with Crippen LogP contribution in [-0.2, 0) is 0 Å². The van der Waals surface area contributed by atoms with Gasteiger partial charge in [-0.05, 0) is 67.7 Å². The number of benzene rings is 2. The Hall–Kier alpha value is -2.05. The Bertz CT molecular complexity index is 1000. The summed E-state index contributed by atoms with van der Waals surface area (Å²) in [5.41, 5.74) is 6.03. The molecule has 1 aromatic heterocycles. The molecule has 1 fully saturated rings. The van der Waals surface area contributed by atoms with Crippen molar-refractivity contribution in [2.24, 2.45) is 0 Å². The van der Waals surface area contributed by atoms with Gasteiger partial charge in [0.2, 0.25) is 0 Å². The van der Waals surface area contributed by atoms with Gasteiger partial charge in [0.1, 0.15) is 0 Å². The Morgan fingerprint density at radius 3 is 2.52 bits per heavy atom. The predicted molar refractivity (Wildman–Crippen MR) is 116 cm³/mol. The summed E-state index contributed by atoms with van der Waals surface area (Å²) in [7, 11) is 0. The highest BCUT2D eigenvalue weighted by atomic mass is 32.2. The van der Waals surface area contributed by atoms with Crippen molar-refractivity contribution in [3.8, 4) is 0 Å². The number of amides is 1. The van der Waals surface area contributed by atoms with Gasteiger partial charge in [0.25, 0.3) is 5.91 Å². The molecule has 2 heterocycles. The number of aromatic nitrogens is 2. The summed E-state index contributed by atoms with van der Waals surface area (Å²) in [6.45, 7) is 3.87. The minimum atomic E-state index is -0.127. The van der Waals surface area contributed by atoms with Crippen molar-refractivity contribution in [3.05, 3.63) is 65.0 Å². The van der Waals surface area contributed by atoms with Gasteiger partial charge in [-0.3, -0.25) is 4.79 Å². The van der Waals surface area contributed by atoms with Gasteiger partial charge in [0, 0.05) is 11.3 Å². The van der Waals surface area contributed by atoms with Crippen molar-refractivity contribution < 1.29 is 4.79 Å². The van der Waals surface area contributed by atoms with Gasteiger partial charge in [0.05, 0.1) is 27.0 Å². The fourth-order valence-electron chi connectivity index (χ4n) is 3.02. The van der Waals surface area contributed by atoms with E-state index in [1.54, 1.807) is 12.1 Å². The maximum Gasteiger partial charge on any atom is 0.255 e. The first-order valence-electron chi connectivity index (χ1n) is 9.00. The van der Waals surface area contributed by atoms with E-state index in [0.29, 0.717) is 10.1 Å². The third kappa shape index (κ3) is 4.12. The van der Waals surface area contributed by atoms with Gasteiger partial charge in [0.15, 0.2) is 0 Å². The third-order valence-corrected chi connectivity index (χ3v) is 7.60. The SMILES string of the molecule is Cc1nc2ccc(C(=O)Nc3cccc(C4SCCCS4)c3)cc2nc1C. The molecule has 0 unspecified atom stereocenters. The van der Waals surface area contributed by atoms with Crippen LogP contribution in [0.15, 0.2) is 42.5 Å². The van der Waals surface area contributed by atoms with E-state index in [2.05, 4.69) is 27.4 Å². The smallest absolute Gasteiger partial charge is 0.255 e. The van der Waals surface area contributed by atoms with E-state index in [1.165, 1.54) is 23.5 Å². The molecular weight excluding hydrogens is 374 g/mol. The van der Waals surface area contributed by atoms with Crippen molar-refractivity contribution >= 4 is 46.2 Å². The normalized spacial score (nSPS) is 15.0. The van der Waals surface area contributed by atoms with Gasteiger partial charge in [-0.1, -0.05) is 12.1 Å². The molecule has 1 amide bonds. The molecule has 0 radical (unpaired) electrons. The second-order valence-corrected chi connectivity index (χ2v) is 9.33. The molecule has 0 saturated carbocycles. The molecule has 4 nitrogen and oxygen atoms in total. The predicted octanol–water partition coefficient (Wildman–Crippen LogP) is 5.37. The van der Waals surface area contributed by atoms with Crippen LogP contribution in [-0.4, -0.2) is 27.4 Å². The monoisotopic (exact) mass is 395 g/mol. The second-order valence-electron chi connectivity index (χ2n) is 6.60. The van der Waals surface area contributed by atoms with Crippen LogP contribution in [0.2, 0.25) is 0 Å². The minimum absolute atomic E-state index is 0.127. The van der Waals surface area contributed by atoms with E-state index >= 15 is 0 Å². The summed E-state index contributed by atoms with van der Waals surface area (Å²) >= 11 is 3.96. The number of nitrogens with one attached hydrogen (secondary N) is 1. The average molecular weight is 396 g/mol. The average Bonchev–Trinajstić information content (AvgIpc) is 2.69. The Kier molecular flexibility index (Phi) is 5.36. The minimum Gasteiger partial charge on any atom is -0.322 e. The quantitative estimate of drug-likeness (QED) is 0.646. The van der Waals surface area contributed by atoms with Crippen molar-refractivity contribution in [1.29, 1.82) is 0 Å². The van der Waals surface area contributed by atoms with Crippen molar-refractivity contribution in [3.63, 3.8) is 0 Å². The number of hydrogen-bond donors (Lipinski definition) is 1. The zero-order chi connectivity index (χ0) is 18.8. The number of carbonyl (C=O) groups is 1. The lowest BCUT2D eigenvalue weighted by Gasteiger charge is -2.21. The van der Waals surface area contributed by atoms with Gasteiger partial charge >= 0.3 is 0 Å². The summed E-state index contributed by atoms with van der Waals surface area (Å²) in [4.78, 5) is 21.8. The molecule has 27 heavy (non-hydrogen) atoms. The van der Waals surface area contributed by atoms with Crippen LogP contribution in [0.25, 0.3) is 11.0 Å². The lowest BCUT2D eigenvalue weighted by Crippen LogP contribution is -2.12. The molecule has 3 aromatic rings. The van der Waals surface area contributed by atoms with E-state index in [9.17, 15) is 4.79 Å². The molecule has 0 spiro atoms. The number of nitrogens with zero attached hydrogens (tertiary/aromatic N) is 2. The maximum atomic E-state index is 12.7. The molecular formula is C21H21N3OS2. The second kappa shape index (κ2) is 7.90. The molecule has 138 valence electrons. The molecule has 0 atom stereocenters. The molecule has 2 aromatic carbocycles. The summed E-state index contributed by atoms with van der Waals surface area (Å²) < 4.78 is 0.456. The number of hydrogen-bond acceptors (Lipinski definition) is 5. The zero-order valence-corrected chi connectivity index (χ0v) is 17.0. The highest BCUT2D eigenvalue weighted by Gasteiger charge is 2.17. The molecule has 1 aliphatic heterocycles. The van der Waals surface area contributed by atoms with Crippen LogP contribution in [0.3, 0.4) is 0 Å². The van der Waals surface area contributed by atoms with Crippen molar-refractivity contribution in [1.82, 2.24) is 9.97 Å². The Morgan fingerprint density at radius 2 is 1.74 bits per heavy atom. The van der Waals surface area contributed by atoms with Crippen LogP contribution in [0.5, 0.6) is 0 Å². The van der Waals surface area contributed by atoms with E-state index in [0.717, 1.165) is 28.1 Å². The van der Waals surface area contributed by atoms with Gasteiger partial charge in [-0.25, -0.2) is 9.97 Å². The molecule has 0 aliphatic carbocycles. The zero-order valence-electron chi connectivity index (χ0n) is 15.4. The van der Waals surface area contributed by atoms with Crippen LogP contribution < -0.4 is 5.32 Å². The highest BCUT2D eigenvalue weighted by Crippen LogP contribution is 2.44. The number of anilines is 1. The largest absolute Gasteiger partial charge is 0.322 e. The topological polar surface area (TPSA) is 54.9 Å². The number of aryl methyl sites for hydroxylation is 2. The lowest BCUT2D eigenvalue weighted by atomic mass is 10.1. The fourth-order valence-corrected chi connectivity index (χ4v) is 5.89. The molecule has 1 saturated heterocycles. The van der Waals surface area contributed by atoms with Gasteiger partial charge in [-0.15, -0.1) is 23.5 Å². The lowest BCUT2D eigenvalue weighted by molar-refractivity contribution is 0.102. The van der Waals surface area contributed by atoms with Gasteiger partial charge in [-0.2, -0.15) is 0 Å². The Morgan fingerprint density at radius 1 is 1.00 bits per heavy atom. The molecule has 1 aliphatic rings. The standard InChI is InChI=1S/C21H21N3OS2/c1-13-14(2)23-19-12-15(7-8-18(19)22-13)20(25)24-17-6-3-5-16(11-17)21-26-9-4-10-27-21/h3,5-8,11-12,21H,4,9-10H2,1-2H3,(H,24,25). The first kappa shape index (κ1) is 18.3. The van der Waals surface area contributed by atoms with E-state index < -0.39 is 0 Å². The van der Waals surface area contributed by atoms with Crippen molar-refractivity contribution in [2.45, 2.75) is 24.9 Å². The highest BCUT2D eigenvalue weighted by molar-refractivity contribution is 8.16. The summed E-state index contributed by atoms with van der Waals surface area (Å²) in [6.07, 6.45) is 1.27. The number of rotatable bonds is 3. The van der Waals surface area contributed by atoms with Crippen LogP contribution in [0, 0.1) is 13.8 Å². The van der Waals surface area contributed by atoms with E-state index in [-0.39, 0.29) is 5.91 Å². The van der Waals surface area contributed by atoms with Crippen LogP contribution in [0.1, 0.15) is 38.3 Å². The first-order chi connectivity index (χ1) is 13.1. The Balaban J connectivity index is 1.55. The third-order valence-electron chi connectivity index (χ3n) is 4.58. The Labute approximate surface area is 167 Å². The summed E-state index contributed by atoms with van der Waals surface area (Å²) in [5.74, 6) is 2.27. The van der Waals surface area contributed by atoms with E-state index in [1.807, 2.05) is 55.6 Å². The molecule has 6 heteroatoms. The molecule has 0 bridgehead atoms. The van der Waals surface area contributed by atoms with Crippen molar-refractivity contribution in [2.75, 3.05) is 16.8 Å². The maximum absolute atomic E-state index is 12.7. The van der Waals surface area contributed by atoms with Crippen LogP contribution >= 0.6 is 23.5 Å². The molecule has 1 N–H and O–H groups in total. The van der Waals surface area contributed by atoms with Crippen LogP contribution in [0.4, 0.5) is 5.69 Å². The number of fused-ring (bicyclic) bond motifs is 1. The fraction of sp³-hybridized carbons (Fsp3) is 0.286. The first-order valence-corrected chi connectivity index (χ1v) is 11.1. The number of thioether (sulfide) groups is 2.